The first-order valence-corrected chi connectivity index (χ1v) is 9.28. The van der Waals surface area contributed by atoms with E-state index in [-0.39, 0.29) is 28.5 Å². The van der Waals surface area contributed by atoms with Crippen LogP contribution in [0.5, 0.6) is 0 Å². The van der Waals surface area contributed by atoms with Crippen LogP contribution >= 0.6 is 0 Å². The lowest BCUT2D eigenvalue weighted by Crippen LogP contribution is -2.26. The molecule has 1 heterocycles. The van der Waals surface area contributed by atoms with E-state index >= 15 is 0 Å². The van der Waals surface area contributed by atoms with Crippen LogP contribution in [-0.2, 0) is 0 Å². The SMILES string of the molecule is O=C(c1ccccc1)[C@@H]1[C@H](c2ccccc2[N+](=O)[O-])N1C1CCCCC1. The second kappa shape index (κ2) is 7.00. The predicted molar refractivity (Wildman–Crippen MR) is 99.1 cm³/mol. The number of hydrogen-bond acceptors (Lipinski definition) is 4. The third-order valence-electron chi connectivity index (χ3n) is 5.63. The number of rotatable bonds is 5. The molecule has 0 spiro atoms. The maximum atomic E-state index is 13.1. The summed E-state index contributed by atoms with van der Waals surface area (Å²) in [4.78, 5) is 26.5. The van der Waals surface area contributed by atoms with E-state index in [0.717, 1.165) is 25.7 Å². The minimum Gasteiger partial charge on any atom is -0.292 e. The van der Waals surface area contributed by atoms with Crippen LogP contribution < -0.4 is 0 Å². The van der Waals surface area contributed by atoms with Crippen LogP contribution in [0.1, 0.15) is 54.1 Å². The third kappa shape index (κ3) is 3.03. The van der Waals surface area contributed by atoms with Crippen molar-refractivity contribution in [1.29, 1.82) is 0 Å². The summed E-state index contributed by atoms with van der Waals surface area (Å²) in [5, 5.41) is 11.5. The topological polar surface area (TPSA) is 63.2 Å². The highest BCUT2D eigenvalue weighted by Crippen LogP contribution is 2.51. The number of benzene rings is 2. The fourth-order valence-electron chi connectivity index (χ4n) is 4.37. The smallest absolute Gasteiger partial charge is 0.274 e. The van der Waals surface area contributed by atoms with E-state index in [1.54, 1.807) is 12.1 Å². The largest absolute Gasteiger partial charge is 0.292 e. The molecule has 2 aromatic rings. The van der Waals surface area contributed by atoms with Crippen LogP contribution in [0.4, 0.5) is 5.69 Å². The van der Waals surface area contributed by atoms with Crippen LogP contribution in [0, 0.1) is 10.1 Å². The van der Waals surface area contributed by atoms with Crippen molar-refractivity contribution in [2.75, 3.05) is 0 Å². The van der Waals surface area contributed by atoms with Crippen molar-refractivity contribution in [1.82, 2.24) is 4.90 Å². The summed E-state index contributed by atoms with van der Waals surface area (Å²) in [6, 6.07) is 16.0. The van der Waals surface area contributed by atoms with Crippen molar-refractivity contribution in [3.8, 4) is 0 Å². The maximum absolute atomic E-state index is 13.1. The van der Waals surface area contributed by atoms with Crippen molar-refractivity contribution >= 4 is 11.5 Å². The molecule has 2 aliphatic rings. The zero-order chi connectivity index (χ0) is 18.1. The number of hydrogen-bond donors (Lipinski definition) is 0. The third-order valence-corrected chi connectivity index (χ3v) is 5.63. The lowest BCUT2D eigenvalue weighted by atomic mass is 9.95. The van der Waals surface area contributed by atoms with E-state index in [9.17, 15) is 14.9 Å². The molecule has 1 aliphatic heterocycles. The van der Waals surface area contributed by atoms with Gasteiger partial charge in [0.15, 0.2) is 5.78 Å². The number of para-hydroxylation sites is 1. The second-order valence-electron chi connectivity index (χ2n) is 7.17. The van der Waals surface area contributed by atoms with E-state index in [0.29, 0.717) is 17.2 Å². The molecule has 3 atom stereocenters. The lowest BCUT2D eigenvalue weighted by molar-refractivity contribution is -0.385. The number of carbonyl (C=O) groups is 1. The summed E-state index contributed by atoms with van der Waals surface area (Å²) in [6.45, 7) is 0. The van der Waals surface area contributed by atoms with Gasteiger partial charge >= 0.3 is 0 Å². The molecule has 5 nitrogen and oxygen atoms in total. The van der Waals surface area contributed by atoms with Gasteiger partial charge < -0.3 is 0 Å². The number of nitro benzene ring substituents is 1. The summed E-state index contributed by atoms with van der Waals surface area (Å²) >= 11 is 0. The molecule has 134 valence electrons. The van der Waals surface area contributed by atoms with E-state index in [1.165, 1.54) is 12.5 Å². The molecule has 1 saturated heterocycles. The van der Waals surface area contributed by atoms with Gasteiger partial charge in [0, 0.05) is 23.2 Å². The Kier molecular flexibility index (Phi) is 4.55. The summed E-state index contributed by atoms with van der Waals surface area (Å²) in [6.07, 6.45) is 5.69. The Morgan fingerprint density at radius 1 is 0.962 bits per heavy atom. The minimum absolute atomic E-state index is 0.0688. The van der Waals surface area contributed by atoms with Gasteiger partial charge in [-0.1, -0.05) is 67.8 Å². The van der Waals surface area contributed by atoms with Gasteiger partial charge in [-0.05, 0) is 12.8 Å². The lowest BCUT2D eigenvalue weighted by Gasteiger charge is -2.24. The Bertz CT molecular complexity index is 815. The summed E-state index contributed by atoms with van der Waals surface area (Å²) in [5.41, 5.74) is 1.46. The van der Waals surface area contributed by atoms with E-state index in [2.05, 4.69) is 4.90 Å². The monoisotopic (exact) mass is 350 g/mol. The Labute approximate surface area is 152 Å². The quantitative estimate of drug-likeness (QED) is 0.344. The standard InChI is InChI=1S/C21H22N2O3/c24-21(15-9-3-1-4-10-15)20-19(22(20)16-11-5-2-6-12-16)17-13-7-8-14-18(17)23(25)26/h1,3-4,7-10,13-14,16,19-20H,2,5-6,11-12H2/t19-,20-,22?/m0/s1. The van der Waals surface area contributed by atoms with Gasteiger partial charge in [0.25, 0.3) is 5.69 Å². The maximum Gasteiger partial charge on any atom is 0.274 e. The van der Waals surface area contributed by atoms with Gasteiger partial charge in [-0.15, -0.1) is 0 Å². The Morgan fingerprint density at radius 2 is 1.62 bits per heavy atom. The molecule has 1 saturated carbocycles. The molecule has 0 radical (unpaired) electrons. The Morgan fingerprint density at radius 3 is 2.31 bits per heavy atom. The van der Waals surface area contributed by atoms with Gasteiger partial charge in [0.05, 0.1) is 17.0 Å². The van der Waals surface area contributed by atoms with Gasteiger partial charge in [-0.2, -0.15) is 0 Å². The molecule has 26 heavy (non-hydrogen) atoms. The predicted octanol–water partition coefficient (Wildman–Crippen LogP) is 4.54. The fourth-order valence-corrected chi connectivity index (χ4v) is 4.37. The molecule has 0 aromatic heterocycles. The van der Waals surface area contributed by atoms with E-state index in [4.69, 9.17) is 0 Å². The van der Waals surface area contributed by atoms with Crippen molar-refractivity contribution in [3.05, 3.63) is 75.8 Å². The first-order valence-electron chi connectivity index (χ1n) is 9.28. The van der Waals surface area contributed by atoms with Gasteiger partial charge in [-0.25, -0.2) is 0 Å². The van der Waals surface area contributed by atoms with Crippen LogP contribution in [0.25, 0.3) is 0 Å². The summed E-state index contributed by atoms with van der Waals surface area (Å²) in [7, 11) is 0. The van der Waals surface area contributed by atoms with Crippen molar-refractivity contribution in [2.45, 2.75) is 50.2 Å². The minimum atomic E-state index is -0.337. The van der Waals surface area contributed by atoms with Crippen LogP contribution in [0.3, 0.4) is 0 Å². The number of nitro groups is 1. The van der Waals surface area contributed by atoms with Crippen molar-refractivity contribution < 1.29 is 9.72 Å². The van der Waals surface area contributed by atoms with Crippen LogP contribution in [0.15, 0.2) is 54.6 Å². The number of carbonyl (C=O) groups excluding carboxylic acids is 1. The molecule has 5 heteroatoms. The zero-order valence-corrected chi connectivity index (χ0v) is 14.6. The van der Waals surface area contributed by atoms with Gasteiger partial charge in [0.1, 0.15) is 0 Å². The van der Waals surface area contributed by atoms with Crippen molar-refractivity contribution in [2.24, 2.45) is 0 Å². The van der Waals surface area contributed by atoms with E-state index in [1.807, 2.05) is 36.4 Å². The number of ketones is 1. The average Bonchev–Trinajstić information content (AvgIpc) is 3.44. The molecular formula is C21H22N2O3. The average molecular weight is 350 g/mol. The summed E-state index contributed by atoms with van der Waals surface area (Å²) < 4.78 is 0. The van der Waals surface area contributed by atoms with Crippen LogP contribution in [-0.4, -0.2) is 27.7 Å². The molecule has 0 bridgehead atoms. The molecule has 2 aromatic carbocycles. The second-order valence-corrected chi connectivity index (χ2v) is 7.17. The van der Waals surface area contributed by atoms with Crippen molar-refractivity contribution in [3.63, 3.8) is 0 Å². The Balaban J connectivity index is 1.69. The molecule has 4 rings (SSSR count). The fraction of sp³-hybridized carbons (Fsp3) is 0.381. The number of nitrogens with zero attached hydrogens (tertiary/aromatic N) is 2. The van der Waals surface area contributed by atoms with Gasteiger partial charge in [0.2, 0.25) is 0 Å². The highest BCUT2D eigenvalue weighted by Gasteiger charge is 2.57. The highest BCUT2D eigenvalue weighted by atomic mass is 16.6. The molecule has 0 N–H and O–H groups in total. The normalized spacial score (nSPS) is 25.6. The molecule has 1 unspecified atom stereocenters. The summed E-state index contributed by atoms with van der Waals surface area (Å²) in [5.74, 6) is 0.0688. The molecular weight excluding hydrogens is 328 g/mol. The first-order chi connectivity index (χ1) is 12.7. The zero-order valence-electron chi connectivity index (χ0n) is 14.6. The first kappa shape index (κ1) is 16.9. The van der Waals surface area contributed by atoms with E-state index < -0.39 is 0 Å². The Hall–Kier alpha value is -2.53. The molecule has 2 fully saturated rings. The van der Waals surface area contributed by atoms with Gasteiger partial charge in [-0.3, -0.25) is 19.8 Å². The van der Waals surface area contributed by atoms with Crippen LogP contribution in [0.2, 0.25) is 0 Å². The molecule has 0 amide bonds. The molecule has 1 aliphatic carbocycles. The number of Topliss-reactive ketones (excluding diaryl/α,β-unsaturated/α-hetero) is 1. The highest BCUT2D eigenvalue weighted by molar-refractivity contribution is 6.02.